The minimum atomic E-state index is -2.29. The lowest BCUT2D eigenvalue weighted by Gasteiger charge is -2.66. The lowest BCUT2D eigenvalue weighted by Crippen LogP contribution is -2.79. The van der Waals surface area contributed by atoms with Crippen LogP contribution in [0.2, 0.25) is 0 Å². The van der Waals surface area contributed by atoms with Gasteiger partial charge in [0.05, 0.1) is 39.3 Å². The van der Waals surface area contributed by atoms with Crippen LogP contribution in [0.1, 0.15) is 47.5 Å². The zero-order valence-electron chi connectivity index (χ0n) is 23.8. The minimum absolute atomic E-state index is 0.00618. The number of methoxy groups -OCH3 is 2. The van der Waals surface area contributed by atoms with Gasteiger partial charge in [-0.25, -0.2) is 14.4 Å². The van der Waals surface area contributed by atoms with Crippen molar-refractivity contribution in [2.45, 2.75) is 77.5 Å². The molecule has 2 aliphatic heterocycles. The van der Waals surface area contributed by atoms with Crippen LogP contribution in [0, 0.1) is 34.5 Å². The Morgan fingerprint density at radius 2 is 1.75 bits per heavy atom. The Balaban J connectivity index is 1.95. The highest BCUT2D eigenvalue weighted by Gasteiger charge is 2.85. The predicted octanol–water partition coefficient (Wildman–Crippen LogP) is 0.500. The SMILES string of the molecule is COC(=O)CC1(C)C(C(C)=O)CC2OC(=O)C(OC(=O)C=C(C)C(C)C)C3C4(C(=O)OC)OCC23C1C(O)C4O. The van der Waals surface area contributed by atoms with Gasteiger partial charge >= 0.3 is 23.9 Å². The predicted molar refractivity (Wildman–Crippen MR) is 134 cm³/mol. The summed E-state index contributed by atoms with van der Waals surface area (Å²) in [6.07, 6.45) is -5.59. The number of hydrogen-bond donors (Lipinski definition) is 2. The van der Waals surface area contributed by atoms with Crippen LogP contribution in [0.4, 0.5) is 0 Å². The number of carbonyl (C=O) groups is 5. The second kappa shape index (κ2) is 10.2. The van der Waals surface area contributed by atoms with Gasteiger partial charge in [-0.3, -0.25) is 9.59 Å². The Hall–Kier alpha value is -2.83. The molecule has 2 bridgehead atoms. The molecule has 2 saturated heterocycles. The van der Waals surface area contributed by atoms with E-state index in [9.17, 15) is 34.2 Å². The summed E-state index contributed by atoms with van der Waals surface area (Å²) >= 11 is 0. The standard InChI is InChI=1S/C28H38O12/c1-12(2)13(3)8-17(30)40-20-22-27-11-38-28(22,25(35)37-7)23(33)19(32)21(27)26(5,10-18(31)36-6)15(14(4)29)9-16(27)39-24(20)34/h8,12,15-16,19-23,32-33H,9-11H2,1-7H3. The summed E-state index contributed by atoms with van der Waals surface area (Å²) in [7, 11) is 2.26. The molecule has 0 aromatic carbocycles. The molecule has 12 nitrogen and oxygen atoms in total. The molecule has 0 radical (unpaired) electrons. The molecule has 4 fully saturated rings. The van der Waals surface area contributed by atoms with Gasteiger partial charge in [-0.1, -0.05) is 26.3 Å². The normalized spacial score (nSPS) is 42.0. The van der Waals surface area contributed by atoms with Gasteiger partial charge in [0.25, 0.3) is 0 Å². The number of Topliss-reactive ketones (excluding diaryl/α,β-unsaturated/α-hetero) is 1. The van der Waals surface area contributed by atoms with E-state index >= 15 is 0 Å². The molecule has 12 heteroatoms. The Labute approximate surface area is 232 Å². The van der Waals surface area contributed by atoms with Gasteiger partial charge in [0.15, 0.2) is 0 Å². The molecule has 4 rings (SSSR count). The molecule has 0 aromatic rings. The third-order valence-electron chi connectivity index (χ3n) is 9.88. The van der Waals surface area contributed by atoms with E-state index in [1.54, 1.807) is 13.8 Å². The molecule has 10 unspecified atom stereocenters. The van der Waals surface area contributed by atoms with Crippen LogP contribution in [0.3, 0.4) is 0 Å². The van der Waals surface area contributed by atoms with Gasteiger partial charge in [0, 0.05) is 23.3 Å². The Morgan fingerprint density at radius 3 is 2.30 bits per heavy atom. The first-order valence-electron chi connectivity index (χ1n) is 13.4. The number of ketones is 1. The van der Waals surface area contributed by atoms with Crippen molar-refractivity contribution in [2.75, 3.05) is 20.8 Å². The molecule has 222 valence electrons. The molecule has 2 N–H and O–H groups in total. The van der Waals surface area contributed by atoms with E-state index in [0.29, 0.717) is 5.57 Å². The lowest BCUT2D eigenvalue weighted by atomic mass is 9.39. The summed E-state index contributed by atoms with van der Waals surface area (Å²) in [5.74, 6) is -7.23. The van der Waals surface area contributed by atoms with E-state index in [0.717, 1.165) is 7.11 Å². The fraction of sp³-hybridized carbons (Fsp3) is 0.750. The molecular weight excluding hydrogens is 528 g/mol. The fourth-order valence-electron chi connectivity index (χ4n) is 7.90. The van der Waals surface area contributed by atoms with Crippen molar-refractivity contribution in [3.63, 3.8) is 0 Å². The maximum atomic E-state index is 13.5. The monoisotopic (exact) mass is 566 g/mol. The molecule has 40 heavy (non-hydrogen) atoms. The number of carbonyl (C=O) groups excluding carboxylic acids is 5. The van der Waals surface area contributed by atoms with Crippen LogP contribution in [-0.4, -0.2) is 90.7 Å². The van der Waals surface area contributed by atoms with Gasteiger partial charge in [-0.15, -0.1) is 0 Å². The second-order valence-electron chi connectivity index (χ2n) is 12.1. The first-order valence-corrected chi connectivity index (χ1v) is 13.4. The molecule has 2 heterocycles. The molecule has 0 amide bonds. The summed E-state index contributed by atoms with van der Waals surface area (Å²) in [5.41, 5.74) is -4.37. The number of esters is 4. The summed E-state index contributed by atoms with van der Waals surface area (Å²) < 4.78 is 27.5. The number of ether oxygens (including phenoxy) is 5. The number of allylic oxidation sites excluding steroid dienone is 1. The Kier molecular flexibility index (Phi) is 7.70. The second-order valence-corrected chi connectivity index (χ2v) is 12.1. The van der Waals surface area contributed by atoms with Crippen molar-refractivity contribution in [3.8, 4) is 0 Å². The van der Waals surface area contributed by atoms with Gasteiger partial charge in [0.1, 0.15) is 18.0 Å². The average molecular weight is 567 g/mol. The molecule has 0 aromatic heterocycles. The van der Waals surface area contributed by atoms with Gasteiger partial charge in [-0.05, 0) is 31.6 Å². The number of hydrogen-bond acceptors (Lipinski definition) is 12. The van der Waals surface area contributed by atoms with Crippen LogP contribution in [-0.2, 0) is 47.7 Å². The van der Waals surface area contributed by atoms with Crippen LogP contribution >= 0.6 is 0 Å². The van der Waals surface area contributed by atoms with E-state index < -0.39 is 82.5 Å². The summed E-state index contributed by atoms with van der Waals surface area (Å²) in [6.45, 7) is 8.13. The van der Waals surface area contributed by atoms with Crippen molar-refractivity contribution in [1.29, 1.82) is 0 Å². The minimum Gasteiger partial charge on any atom is -0.469 e. The highest BCUT2D eigenvalue weighted by atomic mass is 16.6. The quantitative estimate of drug-likeness (QED) is 0.249. The first-order chi connectivity index (χ1) is 18.6. The molecule has 4 aliphatic rings. The maximum absolute atomic E-state index is 13.5. The van der Waals surface area contributed by atoms with Gasteiger partial charge in [-0.2, -0.15) is 0 Å². The first kappa shape index (κ1) is 30.1. The van der Waals surface area contributed by atoms with Gasteiger partial charge in [0.2, 0.25) is 11.7 Å². The average Bonchev–Trinajstić information content (AvgIpc) is 3.19. The van der Waals surface area contributed by atoms with Crippen molar-refractivity contribution < 1.29 is 57.9 Å². The lowest BCUT2D eigenvalue weighted by molar-refractivity contribution is -0.290. The van der Waals surface area contributed by atoms with E-state index in [1.165, 1.54) is 20.1 Å². The fourth-order valence-corrected chi connectivity index (χ4v) is 7.90. The number of aliphatic hydroxyl groups is 2. The maximum Gasteiger partial charge on any atom is 0.348 e. The summed E-state index contributed by atoms with van der Waals surface area (Å²) in [6, 6.07) is 0. The van der Waals surface area contributed by atoms with Crippen LogP contribution in [0.5, 0.6) is 0 Å². The molecule has 10 atom stereocenters. The number of rotatable bonds is 7. The summed E-state index contributed by atoms with van der Waals surface area (Å²) in [4.78, 5) is 65.5. The van der Waals surface area contributed by atoms with Crippen molar-refractivity contribution >= 4 is 29.7 Å². The van der Waals surface area contributed by atoms with Crippen LogP contribution in [0.15, 0.2) is 11.6 Å². The molecule has 1 spiro atoms. The van der Waals surface area contributed by atoms with E-state index in [2.05, 4.69) is 0 Å². The van der Waals surface area contributed by atoms with Crippen molar-refractivity contribution in [2.24, 2.45) is 34.5 Å². The zero-order chi connectivity index (χ0) is 29.9. The largest absolute Gasteiger partial charge is 0.469 e. The van der Waals surface area contributed by atoms with E-state index in [4.69, 9.17) is 23.7 Å². The smallest absolute Gasteiger partial charge is 0.348 e. The third-order valence-corrected chi connectivity index (χ3v) is 9.88. The summed E-state index contributed by atoms with van der Waals surface area (Å²) in [5, 5.41) is 23.3. The molecule has 2 saturated carbocycles. The Morgan fingerprint density at radius 1 is 1.10 bits per heavy atom. The highest BCUT2D eigenvalue weighted by molar-refractivity contribution is 5.90. The van der Waals surface area contributed by atoms with E-state index in [-0.39, 0.29) is 31.1 Å². The van der Waals surface area contributed by atoms with Crippen LogP contribution < -0.4 is 0 Å². The number of aliphatic hydroxyl groups excluding tert-OH is 2. The molecule has 2 aliphatic carbocycles. The zero-order valence-corrected chi connectivity index (χ0v) is 23.8. The molecular formula is C28H38O12. The van der Waals surface area contributed by atoms with Crippen molar-refractivity contribution in [3.05, 3.63) is 11.6 Å². The van der Waals surface area contributed by atoms with Gasteiger partial charge < -0.3 is 33.9 Å². The highest BCUT2D eigenvalue weighted by Crippen LogP contribution is 2.71. The third kappa shape index (κ3) is 4.01. The van der Waals surface area contributed by atoms with Crippen molar-refractivity contribution in [1.82, 2.24) is 0 Å². The Bertz CT molecular complexity index is 1140. The van der Waals surface area contributed by atoms with E-state index in [1.807, 2.05) is 13.8 Å². The topological polar surface area (TPSA) is 172 Å². The van der Waals surface area contributed by atoms with Crippen LogP contribution in [0.25, 0.3) is 0 Å².